The van der Waals surface area contributed by atoms with Crippen LogP contribution in [0.4, 0.5) is 0 Å². The monoisotopic (exact) mass is 226 g/mol. The first-order valence-corrected chi connectivity index (χ1v) is 7.41. The Morgan fingerprint density at radius 1 is 0.867 bits per heavy atom. The molecule has 0 spiro atoms. The van der Waals surface area contributed by atoms with Gasteiger partial charge in [-0.05, 0) is 38.0 Å². The highest BCUT2D eigenvalue weighted by molar-refractivity contribution is 7.92. The van der Waals surface area contributed by atoms with Gasteiger partial charge in [-0.25, -0.2) is 8.42 Å². The summed E-state index contributed by atoms with van der Waals surface area (Å²) in [6, 6.07) is 0. The third kappa shape index (κ3) is 2.71. The van der Waals surface area contributed by atoms with Crippen LogP contribution < -0.4 is 0 Å². The molecular weight excluding hydrogens is 208 g/mol. The van der Waals surface area contributed by atoms with Crippen LogP contribution in [0.25, 0.3) is 0 Å². The van der Waals surface area contributed by atoms with Crippen LogP contribution in [0, 0.1) is 5.92 Å². The van der Waals surface area contributed by atoms with Crippen LogP contribution in [0.3, 0.4) is 0 Å². The van der Waals surface area contributed by atoms with Crippen molar-refractivity contribution in [2.75, 3.05) is 5.75 Å². The average Bonchev–Trinajstić information content (AvgIpc) is 2.32. The van der Waals surface area contributed by atoms with Gasteiger partial charge < -0.3 is 0 Å². The SMILES string of the molecule is O=S1(=O)CCC2CC=CCC1CC=CC2. The molecule has 0 atom stereocenters. The normalized spacial score (nSPS) is 34.9. The summed E-state index contributed by atoms with van der Waals surface area (Å²) in [5.41, 5.74) is 0. The van der Waals surface area contributed by atoms with E-state index in [1.165, 1.54) is 0 Å². The van der Waals surface area contributed by atoms with E-state index in [1.54, 1.807) is 0 Å². The molecule has 0 aromatic rings. The van der Waals surface area contributed by atoms with Crippen LogP contribution in [0.5, 0.6) is 0 Å². The van der Waals surface area contributed by atoms with Crippen molar-refractivity contribution < 1.29 is 8.42 Å². The van der Waals surface area contributed by atoms with Crippen molar-refractivity contribution >= 4 is 9.84 Å². The first-order chi connectivity index (χ1) is 7.18. The van der Waals surface area contributed by atoms with E-state index >= 15 is 0 Å². The van der Waals surface area contributed by atoms with Gasteiger partial charge in [0.2, 0.25) is 0 Å². The minimum absolute atomic E-state index is 0.179. The Bertz CT molecular complexity index is 347. The zero-order valence-electron chi connectivity index (χ0n) is 8.93. The number of allylic oxidation sites excluding steroid dienone is 4. The highest BCUT2D eigenvalue weighted by Gasteiger charge is 2.26. The van der Waals surface area contributed by atoms with E-state index in [9.17, 15) is 8.42 Å². The van der Waals surface area contributed by atoms with Gasteiger partial charge in [-0.1, -0.05) is 24.3 Å². The van der Waals surface area contributed by atoms with E-state index in [1.807, 2.05) is 0 Å². The highest BCUT2D eigenvalue weighted by atomic mass is 32.2. The van der Waals surface area contributed by atoms with Gasteiger partial charge in [0.1, 0.15) is 0 Å². The predicted molar refractivity (Wildman–Crippen MR) is 62.4 cm³/mol. The van der Waals surface area contributed by atoms with Gasteiger partial charge in [-0.3, -0.25) is 0 Å². The molecule has 84 valence electrons. The summed E-state index contributed by atoms with van der Waals surface area (Å²) >= 11 is 0. The molecule has 0 radical (unpaired) electrons. The average molecular weight is 226 g/mol. The quantitative estimate of drug-likeness (QED) is 0.595. The molecule has 0 fully saturated rings. The van der Waals surface area contributed by atoms with Crippen molar-refractivity contribution in [2.45, 2.75) is 37.4 Å². The van der Waals surface area contributed by atoms with Crippen molar-refractivity contribution in [3.05, 3.63) is 24.3 Å². The molecule has 2 nitrogen and oxygen atoms in total. The number of sulfone groups is 1. The molecule has 2 aliphatic heterocycles. The zero-order valence-corrected chi connectivity index (χ0v) is 9.75. The fourth-order valence-corrected chi connectivity index (χ4v) is 4.10. The minimum Gasteiger partial charge on any atom is -0.229 e. The molecule has 0 aliphatic carbocycles. The second-order valence-corrected chi connectivity index (χ2v) is 6.93. The molecule has 0 aromatic heterocycles. The Balaban J connectivity index is 2.31. The Morgan fingerprint density at radius 3 is 2.00 bits per heavy atom. The van der Waals surface area contributed by atoms with E-state index < -0.39 is 9.84 Å². The summed E-state index contributed by atoms with van der Waals surface area (Å²) < 4.78 is 24.0. The lowest BCUT2D eigenvalue weighted by Crippen LogP contribution is -2.23. The highest BCUT2D eigenvalue weighted by Crippen LogP contribution is 2.25. The third-order valence-electron chi connectivity index (χ3n) is 3.39. The van der Waals surface area contributed by atoms with Gasteiger partial charge in [0.05, 0.1) is 11.0 Å². The lowest BCUT2D eigenvalue weighted by Gasteiger charge is -2.13. The zero-order chi connectivity index (χ0) is 10.7. The first-order valence-electron chi connectivity index (χ1n) is 5.70. The van der Waals surface area contributed by atoms with E-state index in [-0.39, 0.29) is 5.25 Å². The van der Waals surface area contributed by atoms with Gasteiger partial charge in [-0.15, -0.1) is 0 Å². The van der Waals surface area contributed by atoms with E-state index in [0.29, 0.717) is 24.5 Å². The molecule has 0 amide bonds. The van der Waals surface area contributed by atoms with Crippen LogP contribution >= 0.6 is 0 Å². The molecule has 2 bridgehead atoms. The molecule has 2 aliphatic rings. The maximum absolute atomic E-state index is 12.0. The fourth-order valence-electron chi connectivity index (χ4n) is 2.29. The van der Waals surface area contributed by atoms with Crippen molar-refractivity contribution in [2.24, 2.45) is 5.92 Å². The lowest BCUT2D eigenvalue weighted by molar-refractivity contribution is 0.517. The Hall–Kier alpha value is -0.570. The molecule has 0 unspecified atom stereocenters. The van der Waals surface area contributed by atoms with Crippen LogP contribution in [0.1, 0.15) is 32.1 Å². The Kier molecular flexibility index (Phi) is 3.29. The summed E-state index contributed by atoms with van der Waals surface area (Å²) in [4.78, 5) is 0. The molecule has 0 N–H and O–H groups in total. The molecule has 2 heterocycles. The van der Waals surface area contributed by atoms with Crippen molar-refractivity contribution in [3.8, 4) is 0 Å². The van der Waals surface area contributed by atoms with Crippen LogP contribution in [-0.4, -0.2) is 19.4 Å². The van der Waals surface area contributed by atoms with Crippen LogP contribution in [-0.2, 0) is 9.84 Å². The van der Waals surface area contributed by atoms with E-state index in [0.717, 1.165) is 19.3 Å². The van der Waals surface area contributed by atoms with Crippen molar-refractivity contribution in [3.63, 3.8) is 0 Å². The maximum atomic E-state index is 12.0. The van der Waals surface area contributed by atoms with Gasteiger partial charge in [0, 0.05) is 0 Å². The predicted octanol–water partition coefficient (Wildman–Crippen LogP) is 2.48. The summed E-state index contributed by atoms with van der Waals surface area (Å²) in [5.74, 6) is 0.898. The van der Waals surface area contributed by atoms with Gasteiger partial charge >= 0.3 is 0 Å². The number of fused-ring (bicyclic) bond motifs is 4. The second kappa shape index (κ2) is 4.52. The molecule has 15 heavy (non-hydrogen) atoms. The Morgan fingerprint density at radius 2 is 1.40 bits per heavy atom. The Labute approximate surface area is 92.0 Å². The fraction of sp³-hybridized carbons (Fsp3) is 0.667. The molecule has 0 saturated heterocycles. The molecule has 2 rings (SSSR count). The summed E-state index contributed by atoms with van der Waals surface area (Å²) in [7, 11) is -2.86. The summed E-state index contributed by atoms with van der Waals surface area (Å²) in [6.07, 6.45) is 12.7. The standard InChI is InChI=1S/C12H18O2S/c13-15(14)10-9-11-5-1-3-7-12(15)8-4-2-6-11/h1-4,11-12H,5-10H2. The van der Waals surface area contributed by atoms with Gasteiger partial charge in [0.25, 0.3) is 0 Å². The van der Waals surface area contributed by atoms with Crippen LogP contribution in [0.2, 0.25) is 0 Å². The van der Waals surface area contributed by atoms with E-state index in [4.69, 9.17) is 0 Å². The lowest BCUT2D eigenvalue weighted by atomic mass is 9.96. The second-order valence-electron chi connectivity index (χ2n) is 4.53. The number of hydrogen-bond donors (Lipinski definition) is 0. The van der Waals surface area contributed by atoms with E-state index in [2.05, 4.69) is 24.3 Å². The molecular formula is C12H18O2S. The van der Waals surface area contributed by atoms with Gasteiger partial charge in [0.15, 0.2) is 9.84 Å². The first kappa shape index (κ1) is 10.9. The number of hydrogen-bond acceptors (Lipinski definition) is 2. The largest absolute Gasteiger partial charge is 0.229 e. The summed E-state index contributed by atoms with van der Waals surface area (Å²) in [5, 5.41) is -0.179. The van der Waals surface area contributed by atoms with Crippen LogP contribution in [0.15, 0.2) is 24.3 Å². The molecule has 3 heteroatoms. The smallest absolute Gasteiger partial charge is 0.153 e. The molecule has 0 saturated carbocycles. The third-order valence-corrected chi connectivity index (χ3v) is 5.59. The topological polar surface area (TPSA) is 34.1 Å². The maximum Gasteiger partial charge on any atom is 0.153 e. The van der Waals surface area contributed by atoms with Crippen molar-refractivity contribution in [1.82, 2.24) is 0 Å². The summed E-state index contributed by atoms with van der Waals surface area (Å²) in [6.45, 7) is 0. The van der Waals surface area contributed by atoms with Crippen molar-refractivity contribution in [1.29, 1.82) is 0 Å². The number of rotatable bonds is 0. The minimum atomic E-state index is -2.86. The van der Waals surface area contributed by atoms with Gasteiger partial charge in [-0.2, -0.15) is 0 Å². The molecule has 0 aromatic carbocycles.